The average molecular weight is 342 g/mol. The topological polar surface area (TPSA) is 35.5 Å². The van der Waals surface area contributed by atoms with Crippen LogP contribution in [0.5, 0.6) is 5.75 Å². The van der Waals surface area contributed by atoms with Gasteiger partial charge in [-0.05, 0) is 73.6 Å². The molecule has 136 valence electrons. The van der Waals surface area contributed by atoms with Gasteiger partial charge in [0.05, 0.1) is 13.7 Å². The number of carbonyl (C=O) groups excluding carboxylic acids is 1. The summed E-state index contributed by atoms with van der Waals surface area (Å²) in [6, 6.07) is 7.98. The number of rotatable bonds is 8. The van der Waals surface area contributed by atoms with E-state index in [0.717, 1.165) is 55.9 Å². The number of carbonyl (C=O) groups is 1. The molecule has 2 aliphatic rings. The number of ketones is 1. The molecule has 0 radical (unpaired) electrons. The fraction of sp³-hybridized carbons (Fsp3) is 0.591. The number of allylic oxidation sites excluding steroid dienone is 2. The molecular weight excluding hydrogens is 312 g/mol. The van der Waals surface area contributed by atoms with Gasteiger partial charge in [0, 0.05) is 13.0 Å². The summed E-state index contributed by atoms with van der Waals surface area (Å²) in [6.45, 7) is 3.71. The zero-order chi connectivity index (χ0) is 17.6. The van der Waals surface area contributed by atoms with Gasteiger partial charge in [-0.15, -0.1) is 0 Å². The Balaban J connectivity index is 1.37. The van der Waals surface area contributed by atoms with Crippen LogP contribution in [-0.2, 0) is 16.1 Å². The number of fused-ring (bicyclic) bond motifs is 1. The Kier molecular flexibility index (Phi) is 6.30. The van der Waals surface area contributed by atoms with E-state index in [1.807, 2.05) is 24.3 Å². The molecule has 0 N–H and O–H groups in total. The zero-order valence-electron chi connectivity index (χ0n) is 15.6. The van der Waals surface area contributed by atoms with Crippen LogP contribution in [0.4, 0.5) is 0 Å². The van der Waals surface area contributed by atoms with Crippen molar-refractivity contribution in [1.29, 1.82) is 0 Å². The number of hydrogen-bond acceptors (Lipinski definition) is 3. The molecule has 3 rings (SSSR count). The summed E-state index contributed by atoms with van der Waals surface area (Å²) in [7, 11) is 1.67. The number of hydrogen-bond donors (Lipinski definition) is 0. The van der Waals surface area contributed by atoms with E-state index in [1.165, 1.54) is 24.0 Å². The molecule has 0 aliphatic heterocycles. The summed E-state index contributed by atoms with van der Waals surface area (Å²) in [4.78, 5) is 12.3. The highest BCUT2D eigenvalue weighted by Crippen LogP contribution is 2.43. The van der Waals surface area contributed by atoms with E-state index in [-0.39, 0.29) is 0 Å². The lowest BCUT2D eigenvalue weighted by atomic mass is 9.79. The molecule has 1 fully saturated rings. The fourth-order valence-corrected chi connectivity index (χ4v) is 4.20. The van der Waals surface area contributed by atoms with Gasteiger partial charge >= 0.3 is 0 Å². The highest BCUT2D eigenvalue weighted by atomic mass is 16.5. The summed E-state index contributed by atoms with van der Waals surface area (Å²) in [5.41, 5.74) is 3.84. The van der Waals surface area contributed by atoms with Crippen molar-refractivity contribution in [2.45, 2.75) is 58.5 Å². The predicted molar refractivity (Wildman–Crippen MR) is 99.7 cm³/mol. The zero-order valence-corrected chi connectivity index (χ0v) is 15.6. The van der Waals surface area contributed by atoms with Crippen molar-refractivity contribution in [3.05, 3.63) is 41.0 Å². The summed E-state index contributed by atoms with van der Waals surface area (Å²) in [5, 5.41) is 0. The van der Waals surface area contributed by atoms with Crippen molar-refractivity contribution in [3.63, 3.8) is 0 Å². The van der Waals surface area contributed by atoms with E-state index in [9.17, 15) is 4.79 Å². The molecule has 25 heavy (non-hydrogen) atoms. The van der Waals surface area contributed by atoms with E-state index in [0.29, 0.717) is 18.3 Å². The Morgan fingerprint density at radius 3 is 2.72 bits per heavy atom. The first-order chi connectivity index (χ1) is 12.2. The van der Waals surface area contributed by atoms with Crippen LogP contribution in [0.25, 0.3) is 0 Å². The molecule has 3 heteroatoms. The molecule has 2 unspecified atom stereocenters. The van der Waals surface area contributed by atoms with Crippen molar-refractivity contribution in [3.8, 4) is 5.75 Å². The van der Waals surface area contributed by atoms with Gasteiger partial charge in [-0.2, -0.15) is 0 Å². The maximum absolute atomic E-state index is 12.3. The van der Waals surface area contributed by atoms with Crippen molar-refractivity contribution in [2.75, 3.05) is 13.7 Å². The highest BCUT2D eigenvalue weighted by molar-refractivity contribution is 5.99. The molecule has 3 nitrogen and oxygen atoms in total. The summed E-state index contributed by atoms with van der Waals surface area (Å²) in [6.07, 6.45) is 7.43. The predicted octanol–water partition coefficient (Wildman–Crippen LogP) is 5.09. The van der Waals surface area contributed by atoms with Gasteiger partial charge in [0.25, 0.3) is 0 Å². The molecule has 1 aromatic rings. The maximum Gasteiger partial charge on any atom is 0.159 e. The van der Waals surface area contributed by atoms with E-state index in [2.05, 4.69) is 6.92 Å². The largest absolute Gasteiger partial charge is 0.497 e. The molecule has 0 heterocycles. The molecular formula is C22H30O3. The number of unbranched alkanes of at least 4 members (excludes halogenated alkanes) is 1. The van der Waals surface area contributed by atoms with Crippen LogP contribution in [0.2, 0.25) is 0 Å². The lowest BCUT2D eigenvalue weighted by molar-refractivity contribution is -0.115. The fourth-order valence-electron chi connectivity index (χ4n) is 4.20. The molecule has 0 bridgehead atoms. The van der Waals surface area contributed by atoms with E-state index in [1.54, 1.807) is 7.11 Å². The lowest BCUT2D eigenvalue weighted by Gasteiger charge is -2.26. The third-order valence-electron chi connectivity index (χ3n) is 5.64. The molecule has 2 atom stereocenters. The second-order valence-corrected chi connectivity index (χ2v) is 7.57. The summed E-state index contributed by atoms with van der Waals surface area (Å²) >= 11 is 0. The van der Waals surface area contributed by atoms with Crippen LogP contribution in [0.3, 0.4) is 0 Å². The van der Waals surface area contributed by atoms with Gasteiger partial charge in [0.15, 0.2) is 5.78 Å². The van der Waals surface area contributed by atoms with Gasteiger partial charge < -0.3 is 9.47 Å². The number of ether oxygens (including phenoxy) is 2. The Labute approximate surface area is 151 Å². The van der Waals surface area contributed by atoms with Crippen LogP contribution < -0.4 is 4.74 Å². The Bertz CT molecular complexity index is 615. The molecule has 0 spiro atoms. The van der Waals surface area contributed by atoms with Crippen LogP contribution in [0, 0.1) is 11.8 Å². The number of benzene rings is 1. The quantitative estimate of drug-likeness (QED) is 0.617. The van der Waals surface area contributed by atoms with Crippen LogP contribution in [0.1, 0.15) is 57.4 Å². The van der Waals surface area contributed by atoms with Gasteiger partial charge in [0.1, 0.15) is 5.75 Å². The van der Waals surface area contributed by atoms with E-state index in [4.69, 9.17) is 9.47 Å². The van der Waals surface area contributed by atoms with Gasteiger partial charge in [-0.25, -0.2) is 0 Å². The van der Waals surface area contributed by atoms with Crippen molar-refractivity contribution < 1.29 is 14.3 Å². The van der Waals surface area contributed by atoms with Gasteiger partial charge in [-0.1, -0.05) is 24.6 Å². The van der Waals surface area contributed by atoms with Crippen LogP contribution in [0.15, 0.2) is 35.4 Å². The van der Waals surface area contributed by atoms with Crippen LogP contribution >= 0.6 is 0 Å². The smallest absolute Gasteiger partial charge is 0.159 e. The summed E-state index contributed by atoms with van der Waals surface area (Å²) in [5.74, 6) is 2.65. The number of Topliss-reactive ketones (excluding diaryl/α,β-unsaturated/α-hetero) is 1. The van der Waals surface area contributed by atoms with Gasteiger partial charge in [-0.3, -0.25) is 4.79 Å². The minimum atomic E-state index is 0.424. The average Bonchev–Trinajstić information content (AvgIpc) is 2.93. The molecule has 0 amide bonds. The van der Waals surface area contributed by atoms with E-state index >= 15 is 0 Å². The van der Waals surface area contributed by atoms with Crippen molar-refractivity contribution in [2.24, 2.45) is 11.8 Å². The second-order valence-electron chi connectivity index (χ2n) is 7.57. The standard InChI is InChI=1S/C22H30O3/c1-16-6-11-20-18(13-16)14-22(23)21(20)5-3-4-12-25-15-17-7-9-19(24-2)10-8-17/h7-10,16,18H,3-6,11-15H2,1-2H3. The Morgan fingerprint density at radius 2 is 1.96 bits per heavy atom. The first-order valence-corrected chi connectivity index (χ1v) is 9.63. The second kappa shape index (κ2) is 8.66. The molecule has 0 saturated heterocycles. The minimum absolute atomic E-state index is 0.424. The number of methoxy groups -OCH3 is 1. The molecule has 1 aromatic carbocycles. The third kappa shape index (κ3) is 4.72. The first kappa shape index (κ1) is 18.2. The Morgan fingerprint density at radius 1 is 1.16 bits per heavy atom. The minimum Gasteiger partial charge on any atom is -0.497 e. The summed E-state index contributed by atoms with van der Waals surface area (Å²) < 4.78 is 10.9. The van der Waals surface area contributed by atoms with Crippen molar-refractivity contribution in [1.82, 2.24) is 0 Å². The normalized spacial score (nSPS) is 23.0. The monoisotopic (exact) mass is 342 g/mol. The SMILES string of the molecule is COc1ccc(COCCCCC2=C3CCC(C)CC3CC2=O)cc1. The Hall–Kier alpha value is -1.61. The molecule has 1 saturated carbocycles. The highest BCUT2D eigenvalue weighted by Gasteiger charge is 2.34. The van der Waals surface area contributed by atoms with Gasteiger partial charge in [0.2, 0.25) is 0 Å². The molecule has 0 aromatic heterocycles. The maximum atomic E-state index is 12.3. The lowest BCUT2D eigenvalue weighted by Crippen LogP contribution is -2.13. The van der Waals surface area contributed by atoms with E-state index < -0.39 is 0 Å². The molecule has 2 aliphatic carbocycles. The van der Waals surface area contributed by atoms with Crippen LogP contribution in [-0.4, -0.2) is 19.5 Å². The first-order valence-electron chi connectivity index (χ1n) is 9.63. The third-order valence-corrected chi connectivity index (χ3v) is 5.64. The van der Waals surface area contributed by atoms with Crippen molar-refractivity contribution >= 4 is 5.78 Å².